The lowest BCUT2D eigenvalue weighted by atomic mass is 9.95. The van der Waals surface area contributed by atoms with Crippen molar-refractivity contribution in [2.24, 2.45) is 0 Å². The van der Waals surface area contributed by atoms with Gasteiger partial charge >= 0.3 is 0 Å². The minimum absolute atomic E-state index is 0.0242. The third kappa shape index (κ3) is 5.76. The third-order valence-electron chi connectivity index (χ3n) is 6.83. The summed E-state index contributed by atoms with van der Waals surface area (Å²) in [5.41, 5.74) is 1.27. The second-order valence-corrected chi connectivity index (χ2v) is 11.8. The van der Waals surface area contributed by atoms with Gasteiger partial charge in [0.15, 0.2) is 6.29 Å². The molecule has 6 atom stereocenters. The fourth-order valence-corrected chi connectivity index (χ4v) is 6.77. The maximum absolute atomic E-state index is 14.2. The molecule has 2 aromatic carbocycles. The number of pyridine rings is 1. The number of ether oxygens (including phenoxy) is 4. The van der Waals surface area contributed by atoms with Gasteiger partial charge in [0.25, 0.3) is 5.82 Å². The van der Waals surface area contributed by atoms with Crippen molar-refractivity contribution in [3.63, 3.8) is 0 Å². The fraction of sp³-hybridized carbons (Fsp3) is 0.286. The standard InChI is InChI=1S/C28H22BrClFN5O4S/c1-32-26-22(11-17(29)12-33-26)41-28-25(37-2)23(36-13-20(34-35-36)16-8-9-18(30)19(31)10-16)24-21(39-28)14-38-27(40-24)15-6-4-3-5-7-15/h3-13,21,23-25,27-28H,14H2,2H3/t21?,23-,24-,25?,27?,28+/m0/s1. The van der Waals surface area contributed by atoms with Crippen LogP contribution in [0.4, 0.5) is 10.2 Å². The number of nitrogens with zero attached hydrogens (tertiary/aromatic N) is 5. The Balaban J connectivity index is 1.38. The molecule has 0 radical (unpaired) electrons. The van der Waals surface area contributed by atoms with Gasteiger partial charge in [-0.25, -0.2) is 9.07 Å². The van der Waals surface area contributed by atoms with E-state index in [4.69, 9.17) is 37.1 Å². The number of hydrogen-bond donors (Lipinski definition) is 0. The summed E-state index contributed by atoms with van der Waals surface area (Å²) >= 11 is 10.7. The minimum Gasteiger partial charge on any atom is -0.375 e. The highest BCUT2D eigenvalue weighted by Crippen LogP contribution is 2.46. The first-order valence-electron chi connectivity index (χ1n) is 12.5. The molecule has 0 N–H and O–H groups in total. The first-order valence-corrected chi connectivity index (χ1v) is 14.6. The van der Waals surface area contributed by atoms with E-state index in [1.165, 1.54) is 23.9 Å². The lowest BCUT2D eigenvalue weighted by Gasteiger charge is -2.48. The van der Waals surface area contributed by atoms with Crippen LogP contribution in [0.2, 0.25) is 5.02 Å². The van der Waals surface area contributed by atoms with Crippen LogP contribution in [0, 0.1) is 12.4 Å². The smallest absolute Gasteiger partial charge is 0.283 e. The summed E-state index contributed by atoms with van der Waals surface area (Å²) in [6.45, 7) is 7.82. The largest absolute Gasteiger partial charge is 0.375 e. The maximum Gasteiger partial charge on any atom is 0.283 e. The van der Waals surface area contributed by atoms with Gasteiger partial charge in [0, 0.05) is 23.1 Å². The fourth-order valence-electron chi connectivity index (χ4n) is 4.91. The summed E-state index contributed by atoms with van der Waals surface area (Å²) in [4.78, 5) is 8.43. The van der Waals surface area contributed by atoms with Crippen LogP contribution >= 0.6 is 39.3 Å². The summed E-state index contributed by atoms with van der Waals surface area (Å²) in [7, 11) is 1.59. The van der Waals surface area contributed by atoms with Gasteiger partial charge in [-0.15, -0.1) is 21.8 Å². The zero-order chi connectivity index (χ0) is 28.5. The Hall–Kier alpha value is -2.89. The molecule has 0 saturated carbocycles. The first-order chi connectivity index (χ1) is 19.9. The van der Waals surface area contributed by atoms with Gasteiger partial charge in [-0.3, -0.25) is 0 Å². The molecule has 41 heavy (non-hydrogen) atoms. The molecular weight excluding hydrogens is 637 g/mol. The Morgan fingerprint density at radius 3 is 2.78 bits per heavy atom. The molecule has 0 spiro atoms. The highest BCUT2D eigenvalue weighted by atomic mass is 79.9. The normalized spacial score (nSPS) is 25.8. The number of hydrogen-bond acceptors (Lipinski definition) is 8. The van der Waals surface area contributed by atoms with Crippen molar-refractivity contribution in [2.75, 3.05) is 13.7 Å². The molecule has 6 rings (SSSR count). The second kappa shape index (κ2) is 12.1. The van der Waals surface area contributed by atoms with Crippen molar-refractivity contribution in [3.8, 4) is 11.3 Å². The lowest BCUT2D eigenvalue weighted by Crippen LogP contribution is -2.59. The van der Waals surface area contributed by atoms with Crippen molar-refractivity contribution < 1.29 is 23.3 Å². The highest BCUT2D eigenvalue weighted by Gasteiger charge is 2.52. The van der Waals surface area contributed by atoms with Crippen molar-refractivity contribution >= 4 is 45.1 Å². The van der Waals surface area contributed by atoms with Crippen molar-refractivity contribution in [3.05, 3.63) is 99.3 Å². The van der Waals surface area contributed by atoms with E-state index < -0.39 is 41.9 Å². The first kappa shape index (κ1) is 28.2. The molecular formula is C28H22BrClFN5O4S. The Bertz CT molecular complexity index is 1590. The Kier molecular flexibility index (Phi) is 8.37. The van der Waals surface area contributed by atoms with Crippen LogP contribution in [0.5, 0.6) is 0 Å². The summed E-state index contributed by atoms with van der Waals surface area (Å²) < 4.78 is 41.8. The third-order valence-corrected chi connectivity index (χ3v) is 8.74. The topological polar surface area (TPSA) is 84.9 Å². The molecule has 0 amide bonds. The highest BCUT2D eigenvalue weighted by molar-refractivity contribution is 9.10. The summed E-state index contributed by atoms with van der Waals surface area (Å²) in [5.74, 6) is -0.295. The maximum atomic E-state index is 14.2. The second-order valence-electron chi connectivity index (χ2n) is 9.33. The van der Waals surface area contributed by atoms with Crippen molar-refractivity contribution in [1.29, 1.82) is 0 Å². The Morgan fingerprint density at radius 2 is 2.02 bits per heavy atom. The summed E-state index contributed by atoms with van der Waals surface area (Å²) in [5, 5.41) is 8.77. The number of aromatic nitrogens is 4. The van der Waals surface area contributed by atoms with Crippen LogP contribution in [0.15, 0.2) is 76.4 Å². The summed E-state index contributed by atoms with van der Waals surface area (Å²) in [6.07, 6.45) is 1.07. The van der Waals surface area contributed by atoms with E-state index >= 15 is 0 Å². The van der Waals surface area contributed by atoms with Gasteiger partial charge < -0.3 is 23.8 Å². The summed E-state index contributed by atoms with van der Waals surface area (Å²) in [6, 6.07) is 15.4. The molecule has 0 bridgehead atoms. The van der Waals surface area contributed by atoms with E-state index in [1.54, 1.807) is 30.3 Å². The number of thioether (sulfide) groups is 1. The zero-order valence-corrected chi connectivity index (χ0v) is 24.6. The monoisotopic (exact) mass is 657 g/mol. The van der Waals surface area contributed by atoms with Gasteiger partial charge in [0.2, 0.25) is 0 Å². The van der Waals surface area contributed by atoms with Crippen LogP contribution < -0.4 is 0 Å². The number of rotatable bonds is 6. The Labute approximate surface area is 252 Å². The van der Waals surface area contributed by atoms with Crippen LogP contribution in [0.25, 0.3) is 16.1 Å². The number of fused-ring (bicyclic) bond motifs is 1. The molecule has 4 aromatic rings. The average molecular weight is 659 g/mol. The average Bonchev–Trinajstić information content (AvgIpc) is 3.48. The van der Waals surface area contributed by atoms with E-state index in [2.05, 4.69) is 36.1 Å². The SMILES string of the molecule is [C-]#[N+]c1ncc(Br)cc1S[C@H]1OC2COC(c3ccccc3)O[C@@H]2[C@H](n2cc(-c3ccc(Cl)c(F)c3)nn2)C1OC. The van der Waals surface area contributed by atoms with Crippen LogP contribution in [0.1, 0.15) is 17.9 Å². The predicted molar refractivity (Wildman–Crippen MR) is 153 cm³/mol. The molecule has 4 heterocycles. The number of methoxy groups -OCH3 is 1. The minimum atomic E-state index is -0.624. The molecule has 2 saturated heterocycles. The van der Waals surface area contributed by atoms with Gasteiger partial charge in [0.05, 0.1) is 22.3 Å². The van der Waals surface area contributed by atoms with Gasteiger partial charge in [0.1, 0.15) is 47.5 Å². The number of halogens is 3. The molecule has 3 unspecified atom stereocenters. The molecule has 2 aliphatic heterocycles. The van der Waals surface area contributed by atoms with Crippen molar-refractivity contribution in [2.45, 2.75) is 41.0 Å². The van der Waals surface area contributed by atoms with E-state index in [9.17, 15) is 4.39 Å². The van der Waals surface area contributed by atoms with E-state index in [0.717, 1.165) is 10.0 Å². The quantitative estimate of drug-likeness (QED) is 0.214. The molecule has 210 valence electrons. The van der Waals surface area contributed by atoms with Crippen LogP contribution in [-0.2, 0) is 18.9 Å². The van der Waals surface area contributed by atoms with Gasteiger partial charge in [-0.05, 0) is 34.1 Å². The lowest BCUT2D eigenvalue weighted by molar-refractivity contribution is -0.308. The Morgan fingerprint density at radius 1 is 1.20 bits per heavy atom. The van der Waals surface area contributed by atoms with Crippen LogP contribution in [-0.4, -0.2) is 57.4 Å². The number of benzene rings is 2. The molecule has 0 aliphatic carbocycles. The van der Waals surface area contributed by atoms with E-state index in [0.29, 0.717) is 16.2 Å². The van der Waals surface area contributed by atoms with E-state index in [1.807, 2.05) is 36.4 Å². The zero-order valence-electron chi connectivity index (χ0n) is 21.4. The van der Waals surface area contributed by atoms with Gasteiger partial charge in [-0.2, -0.15) is 0 Å². The van der Waals surface area contributed by atoms with Crippen molar-refractivity contribution in [1.82, 2.24) is 20.0 Å². The predicted octanol–water partition coefficient (Wildman–Crippen LogP) is 6.63. The molecule has 2 aromatic heterocycles. The molecule has 13 heteroatoms. The van der Waals surface area contributed by atoms with E-state index in [-0.39, 0.29) is 17.4 Å². The van der Waals surface area contributed by atoms with Crippen LogP contribution in [0.3, 0.4) is 0 Å². The molecule has 9 nitrogen and oxygen atoms in total. The molecule has 2 aliphatic rings. The van der Waals surface area contributed by atoms with Gasteiger partial charge in [-0.1, -0.05) is 59.8 Å². The molecule has 2 fully saturated rings.